The van der Waals surface area contributed by atoms with Crippen molar-refractivity contribution in [3.63, 3.8) is 0 Å². The van der Waals surface area contributed by atoms with E-state index in [0.717, 1.165) is 26.9 Å². The van der Waals surface area contributed by atoms with Gasteiger partial charge in [-0.1, -0.05) is 15.9 Å². The zero-order valence-electron chi connectivity index (χ0n) is 8.81. The minimum absolute atomic E-state index is 0.257. The lowest BCUT2D eigenvalue weighted by molar-refractivity contribution is 0.475. The zero-order valence-corrected chi connectivity index (χ0v) is 10.4. The second-order valence-corrected chi connectivity index (χ2v) is 4.71. The second kappa shape index (κ2) is 3.89. The summed E-state index contributed by atoms with van der Waals surface area (Å²) in [7, 11) is 0. The molecular weight excluding hydrogens is 280 g/mol. The molecule has 0 saturated carbocycles. The van der Waals surface area contributed by atoms with Gasteiger partial charge in [-0.15, -0.1) is 0 Å². The Bertz CT molecular complexity index is 673. The summed E-state index contributed by atoms with van der Waals surface area (Å²) < 4.78 is 1.02. The minimum Gasteiger partial charge on any atom is -0.508 e. The Morgan fingerprint density at radius 3 is 2.59 bits per heavy atom. The fourth-order valence-electron chi connectivity index (χ4n) is 1.74. The highest BCUT2D eigenvalue weighted by Crippen LogP contribution is 2.24. The summed E-state index contributed by atoms with van der Waals surface area (Å²) in [4.78, 5) is 7.75. The number of imidazole rings is 1. The van der Waals surface area contributed by atoms with Crippen molar-refractivity contribution in [1.29, 1.82) is 0 Å². The molecule has 0 amide bonds. The minimum atomic E-state index is 0.257. The number of fused-ring (bicyclic) bond motifs is 1. The van der Waals surface area contributed by atoms with Crippen molar-refractivity contribution in [2.75, 3.05) is 0 Å². The largest absolute Gasteiger partial charge is 0.508 e. The zero-order chi connectivity index (χ0) is 11.8. The molecular formula is C13H9BrN2O. The van der Waals surface area contributed by atoms with E-state index in [0.29, 0.717) is 0 Å². The van der Waals surface area contributed by atoms with Crippen LogP contribution in [0.1, 0.15) is 0 Å². The van der Waals surface area contributed by atoms with Crippen molar-refractivity contribution < 1.29 is 5.11 Å². The van der Waals surface area contributed by atoms with E-state index in [1.54, 1.807) is 12.1 Å². The normalized spacial score (nSPS) is 10.9. The molecule has 0 atom stereocenters. The molecule has 0 fully saturated rings. The number of nitrogens with zero attached hydrogens (tertiary/aromatic N) is 1. The predicted molar refractivity (Wildman–Crippen MR) is 70.9 cm³/mol. The van der Waals surface area contributed by atoms with E-state index in [1.807, 2.05) is 30.3 Å². The number of aromatic hydroxyl groups is 1. The van der Waals surface area contributed by atoms with Crippen molar-refractivity contribution in [3.05, 3.63) is 46.9 Å². The number of hydrogen-bond acceptors (Lipinski definition) is 2. The van der Waals surface area contributed by atoms with Gasteiger partial charge in [-0.3, -0.25) is 0 Å². The van der Waals surface area contributed by atoms with Crippen LogP contribution in [0.4, 0.5) is 0 Å². The topological polar surface area (TPSA) is 48.9 Å². The molecule has 84 valence electrons. The molecule has 17 heavy (non-hydrogen) atoms. The molecule has 0 aliphatic heterocycles. The summed E-state index contributed by atoms with van der Waals surface area (Å²) in [5, 5.41) is 9.24. The number of hydrogen-bond donors (Lipinski definition) is 2. The maximum Gasteiger partial charge on any atom is 0.138 e. The van der Waals surface area contributed by atoms with Gasteiger partial charge in [0.1, 0.15) is 11.6 Å². The number of aromatic amines is 1. The van der Waals surface area contributed by atoms with Crippen LogP contribution in [-0.2, 0) is 0 Å². The first kappa shape index (κ1) is 10.4. The Balaban J connectivity index is 2.14. The first-order valence-electron chi connectivity index (χ1n) is 5.17. The van der Waals surface area contributed by atoms with Gasteiger partial charge >= 0.3 is 0 Å². The quantitative estimate of drug-likeness (QED) is 0.717. The lowest BCUT2D eigenvalue weighted by Crippen LogP contribution is -1.78. The number of halogens is 1. The van der Waals surface area contributed by atoms with Crippen molar-refractivity contribution in [2.24, 2.45) is 0 Å². The van der Waals surface area contributed by atoms with Gasteiger partial charge in [0.05, 0.1) is 11.0 Å². The molecule has 0 aliphatic carbocycles. The van der Waals surface area contributed by atoms with Crippen molar-refractivity contribution in [1.82, 2.24) is 9.97 Å². The van der Waals surface area contributed by atoms with Crippen molar-refractivity contribution in [2.45, 2.75) is 0 Å². The molecule has 3 nitrogen and oxygen atoms in total. The molecule has 1 heterocycles. The lowest BCUT2D eigenvalue weighted by atomic mass is 10.2. The van der Waals surface area contributed by atoms with Gasteiger partial charge in [0.2, 0.25) is 0 Å². The van der Waals surface area contributed by atoms with E-state index in [9.17, 15) is 5.11 Å². The Hall–Kier alpha value is -1.81. The molecule has 0 saturated heterocycles. The number of phenolic OH excluding ortho intramolecular Hbond substituents is 1. The van der Waals surface area contributed by atoms with E-state index >= 15 is 0 Å². The number of nitrogens with one attached hydrogen (secondary N) is 1. The first-order chi connectivity index (χ1) is 8.22. The molecule has 0 unspecified atom stereocenters. The summed E-state index contributed by atoms with van der Waals surface area (Å²) in [5.41, 5.74) is 2.87. The van der Waals surface area contributed by atoms with E-state index in [2.05, 4.69) is 25.9 Å². The van der Waals surface area contributed by atoms with Gasteiger partial charge in [0, 0.05) is 10.0 Å². The molecule has 4 heteroatoms. The fraction of sp³-hybridized carbons (Fsp3) is 0. The number of phenols is 1. The summed E-state index contributed by atoms with van der Waals surface area (Å²) in [6.07, 6.45) is 0. The van der Waals surface area contributed by atoms with E-state index < -0.39 is 0 Å². The monoisotopic (exact) mass is 288 g/mol. The van der Waals surface area contributed by atoms with Gasteiger partial charge in [-0.25, -0.2) is 4.98 Å². The second-order valence-electron chi connectivity index (χ2n) is 3.79. The Morgan fingerprint density at radius 2 is 1.82 bits per heavy atom. The first-order valence-corrected chi connectivity index (χ1v) is 5.96. The average molecular weight is 289 g/mol. The molecule has 0 aliphatic rings. The standard InChI is InChI=1S/C13H9BrN2O/c14-9-3-6-11-12(7-9)16-13(15-11)8-1-4-10(17)5-2-8/h1-7,17H,(H,15,16). The third-order valence-electron chi connectivity index (χ3n) is 2.58. The molecule has 2 aromatic carbocycles. The van der Waals surface area contributed by atoms with Crippen LogP contribution in [0.25, 0.3) is 22.4 Å². The average Bonchev–Trinajstić information content (AvgIpc) is 2.72. The Morgan fingerprint density at radius 1 is 1.06 bits per heavy atom. The molecule has 0 bridgehead atoms. The van der Waals surface area contributed by atoms with E-state index in [4.69, 9.17) is 0 Å². The highest BCUT2D eigenvalue weighted by molar-refractivity contribution is 9.10. The predicted octanol–water partition coefficient (Wildman–Crippen LogP) is 3.70. The third kappa shape index (κ3) is 1.91. The van der Waals surface area contributed by atoms with Gasteiger partial charge in [-0.2, -0.15) is 0 Å². The molecule has 3 aromatic rings. The van der Waals surface area contributed by atoms with Crippen LogP contribution < -0.4 is 0 Å². The van der Waals surface area contributed by atoms with Crippen LogP contribution in [0.5, 0.6) is 5.75 Å². The smallest absolute Gasteiger partial charge is 0.138 e. The fourth-order valence-corrected chi connectivity index (χ4v) is 2.10. The van der Waals surface area contributed by atoms with Gasteiger partial charge in [-0.05, 0) is 42.5 Å². The SMILES string of the molecule is Oc1ccc(-c2nc3ccc(Br)cc3[nH]2)cc1. The van der Waals surface area contributed by atoms with Crippen LogP contribution in [0.3, 0.4) is 0 Å². The van der Waals surface area contributed by atoms with Crippen LogP contribution in [0, 0.1) is 0 Å². The van der Waals surface area contributed by atoms with E-state index in [1.165, 1.54) is 0 Å². The highest BCUT2D eigenvalue weighted by atomic mass is 79.9. The highest BCUT2D eigenvalue weighted by Gasteiger charge is 2.05. The summed E-state index contributed by atoms with van der Waals surface area (Å²) >= 11 is 3.43. The van der Waals surface area contributed by atoms with Crippen LogP contribution in [0.2, 0.25) is 0 Å². The van der Waals surface area contributed by atoms with Crippen LogP contribution in [0.15, 0.2) is 46.9 Å². The molecule has 0 radical (unpaired) electrons. The van der Waals surface area contributed by atoms with Gasteiger partial charge < -0.3 is 10.1 Å². The molecule has 0 spiro atoms. The van der Waals surface area contributed by atoms with Crippen LogP contribution in [-0.4, -0.2) is 15.1 Å². The summed E-state index contributed by atoms with van der Waals surface area (Å²) in [6, 6.07) is 12.9. The van der Waals surface area contributed by atoms with Crippen LogP contribution >= 0.6 is 15.9 Å². The van der Waals surface area contributed by atoms with Gasteiger partial charge in [0.25, 0.3) is 0 Å². The summed E-state index contributed by atoms with van der Waals surface area (Å²) in [6.45, 7) is 0. The molecule has 3 rings (SSSR count). The number of aromatic nitrogens is 2. The number of benzene rings is 2. The Labute approximate surface area is 106 Å². The summed E-state index contributed by atoms with van der Waals surface area (Å²) in [5.74, 6) is 1.06. The van der Waals surface area contributed by atoms with Crippen molar-refractivity contribution in [3.8, 4) is 17.1 Å². The maximum atomic E-state index is 9.24. The maximum absolute atomic E-state index is 9.24. The number of H-pyrrole nitrogens is 1. The Kier molecular flexibility index (Phi) is 2.37. The lowest BCUT2D eigenvalue weighted by Gasteiger charge is -1.95. The third-order valence-corrected chi connectivity index (χ3v) is 3.08. The van der Waals surface area contributed by atoms with E-state index in [-0.39, 0.29) is 5.75 Å². The van der Waals surface area contributed by atoms with Gasteiger partial charge in [0.15, 0.2) is 0 Å². The molecule has 2 N–H and O–H groups in total. The molecule has 1 aromatic heterocycles. The number of rotatable bonds is 1. The van der Waals surface area contributed by atoms with Crippen molar-refractivity contribution >= 4 is 27.0 Å².